The van der Waals surface area contributed by atoms with Crippen molar-refractivity contribution < 1.29 is 28.6 Å². The molecule has 0 radical (unpaired) electrons. The van der Waals surface area contributed by atoms with Gasteiger partial charge >= 0.3 is 6.03 Å². The summed E-state index contributed by atoms with van der Waals surface area (Å²) >= 11 is 0. The fraction of sp³-hybridized carbons (Fsp3) is 0.138. The molecule has 0 aliphatic carbocycles. The molecule has 0 unspecified atom stereocenters. The van der Waals surface area contributed by atoms with Gasteiger partial charge in [-0.3, -0.25) is 14.9 Å². The third kappa shape index (κ3) is 4.95. The van der Waals surface area contributed by atoms with Gasteiger partial charge in [0.1, 0.15) is 17.9 Å². The Morgan fingerprint density at radius 2 is 1.86 bits per heavy atom. The minimum Gasteiger partial charge on any atom is -0.489 e. The number of allylic oxidation sites excluding steroid dienone is 1. The van der Waals surface area contributed by atoms with Gasteiger partial charge in [-0.1, -0.05) is 42.0 Å². The van der Waals surface area contributed by atoms with Crippen LogP contribution in [0.15, 0.2) is 78.9 Å². The second-order valence-electron chi connectivity index (χ2n) is 8.63. The van der Waals surface area contributed by atoms with Crippen LogP contribution in [0.1, 0.15) is 22.3 Å². The quantitative estimate of drug-likeness (QED) is 0.290. The molecular weight excluding hydrogens is 472 g/mol. The van der Waals surface area contributed by atoms with Crippen LogP contribution in [0.5, 0.6) is 17.2 Å². The number of fused-ring (bicyclic) bond motifs is 1. The molecule has 2 aliphatic rings. The van der Waals surface area contributed by atoms with E-state index in [0.29, 0.717) is 35.8 Å². The molecule has 4 amide bonds. The zero-order valence-electron chi connectivity index (χ0n) is 20.2. The molecule has 8 heteroatoms. The zero-order valence-corrected chi connectivity index (χ0v) is 20.2. The number of benzene rings is 3. The van der Waals surface area contributed by atoms with E-state index in [1.807, 2.05) is 31.2 Å². The molecular formula is C29H24N2O6. The number of rotatable bonds is 7. The highest BCUT2D eigenvalue weighted by atomic mass is 16.7. The van der Waals surface area contributed by atoms with E-state index in [2.05, 4.69) is 18.0 Å². The van der Waals surface area contributed by atoms with Gasteiger partial charge in [-0.2, -0.15) is 0 Å². The third-order valence-corrected chi connectivity index (χ3v) is 5.95. The number of hydrogen-bond donors (Lipinski definition) is 1. The Hall–Kier alpha value is -4.85. The predicted molar refractivity (Wildman–Crippen MR) is 137 cm³/mol. The van der Waals surface area contributed by atoms with Crippen molar-refractivity contribution in [1.29, 1.82) is 0 Å². The van der Waals surface area contributed by atoms with Crippen molar-refractivity contribution in [3.63, 3.8) is 0 Å². The number of hydrogen-bond acceptors (Lipinski definition) is 6. The molecule has 2 aliphatic heterocycles. The largest absolute Gasteiger partial charge is 0.489 e. The van der Waals surface area contributed by atoms with Crippen molar-refractivity contribution in [1.82, 2.24) is 5.32 Å². The Kier molecular flexibility index (Phi) is 6.47. The third-order valence-electron chi connectivity index (χ3n) is 5.95. The van der Waals surface area contributed by atoms with Gasteiger partial charge in [-0.05, 0) is 60.4 Å². The summed E-state index contributed by atoms with van der Waals surface area (Å²) in [4.78, 5) is 39.3. The molecule has 8 nitrogen and oxygen atoms in total. The number of barbiturate groups is 1. The highest BCUT2D eigenvalue weighted by molar-refractivity contribution is 6.39. The molecule has 1 N–H and O–H groups in total. The number of imide groups is 2. The molecule has 186 valence electrons. The first kappa shape index (κ1) is 23.9. The highest BCUT2D eigenvalue weighted by Gasteiger charge is 2.37. The average molecular weight is 497 g/mol. The molecule has 0 aromatic heterocycles. The summed E-state index contributed by atoms with van der Waals surface area (Å²) in [6.45, 7) is 6.31. The van der Waals surface area contributed by atoms with Crippen molar-refractivity contribution in [2.24, 2.45) is 0 Å². The molecule has 0 saturated carbocycles. The monoisotopic (exact) mass is 496 g/mol. The maximum absolute atomic E-state index is 13.3. The zero-order chi connectivity index (χ0) is 25.9. The summed E-state index contributed by atoms with van der Waals surface area (Å²) in [5, 5.41) is 2.24. The Balaban J connectivity index is 1.42. The van der Waals surface area contributed by atoms with Gasteiger partial charge in [0.05, 0.1) is 5.69 Å². The number of ether oxygens (including phenoxy) is 3. The standard InChI is InChI=1S/C29H24N2O6/c1-3-5-21-13-19(8-10-24(21)35-16-20-7-4-6-18(2)12-20)14-23-27(32)30-29(34)31(28(23)33)22-9-11-25-26(15-22)37-17-36-25/h3-4,6-15H,1,5,16-17H2,2H3,(H,30,32,34)/b23-14+. The smallest absolute Gasteiger partial charge is 0.335 e. The van der Waals surface area contributed by atoms with E-state index in [9.17, 15) is 14.4 Å². The van der Waals surface area contributed by atoms with Crippen LogP contribution in [-0.4, -0.2) is 24.6 Å². The number of amides is 4. The summed E-state index contributed by atoms with van der Waals surface area (Å²) < 4.78 is 16.7. The van der Waals surface area contributed by atoms with Gasteiger partial charge in [-0.15, -0.1) is 6.58 Å². The topological polar surface area (TPSA) is 94.2 Å². The SMILES string of the molecule is C=CCc1cc(/C=C2\C(=O)NC(=O)N(c3ccc4c(c3)OCO4)C2=O)ccc1OCc1cccc(C)c1. The molecule has 5 rings (SSSR count). The van der Waals surface area contributed by atoms with E-state index < -0.39 is 17.8 Å². The molecule has 3 aromatic rings. The molecule has 0 spiro atoms. The molecule has 2 heterocycles. The van der Waals surface area contributed by atoms with Gasteiger partial charge in [0.25, 0.3) is 11.8 Å². The van der Waals surface area contributed by atoms with Crippen LogP contribution >= 0.6 is 0 Å². The minimum atomic E-state index is -0.835. The lowest BCUT2D eigenvalue weighted by molar-refractivity contribution is -0.122. The maximum Gasteiger partial charge on any atom is 0.335 e. The first-order valence-electron chi connectivity index (χ1n) is 11.7. The van der Waals surface area contributed by atoms with Crippen molar-refractivity contribution in [3.05, 3.63) is 101 Å². The van der Waals surface area contributed by atoms with Crippen molar-refractivity contribution in [2.45, 2.75) is 20.0 Å². The van der Waals surface area contributed by atoms with Gasteiger partial charge in [0, 0.05) is 6.07 Å². The Labute approximate surface area is 213 Å². The Morgan fingerprint density at radius 3 is 2.68 bits per heavy atom. The fourth-order valence-corrected chi connectivity index (χ4v) is 4.19. The van der Waals surface area contributed by atoms with E-state index in [1.165, 1.54) is 12.1 Å². The number of nitrogens with one attached hydrogen (secondary N) is 1. The van der Waals surface area contributed by atoms with Gasteiger partial charge in [-0.25, -0.2) is 9.69 Å². The summed E-state index contributed by atoms with van der Waals surface area (Å²) in [6, 6.07) is 17.3. The number of anilines is 1. The van der Waals surface area contributed by atoms with Crippen LogP contribution in [-0.2, 0) is 22.6 Å². The predicted octanol–water partition coefficient (Wildman–Crippen LogP) is 4.70. The lowest BCUT2D eigenvalue weighted by atomic mass is 10.0. The van der Waals surface area contributed by atoms with Crippen molar-refractivity contribution in [3.8, 4) is 17.2 Å². The number of aryl methyl sites for hydroxylation is 1. The van der Waals surface area contributed by atoms with Crippen LogP contribution in [0, 0.1) is 6.92 Å². The number of nitrogens with zero attached hydrogens (tertiary/aromatic N) is 1. The van der Waals surface area contributed by atoms with E-state index in [4.69, 9.17) is 14.2 Å². The summed E-state index contributed by atoms with van der Waals surface area (Å²) in [6.07, 6.45) is 3.74. The first-order valence-corrected chi connectivity index (χ1v) is 11.7. The van der Waals surface area contributed by atoms with E-state index in [0.717, 1.165) is 21.6 Å². The van der Waals surface area contributed by atoms with Gasteiger partial charge in [0.2, 0.25) is 6.79 Å². The Bertz CT molecular complexity index is 1460. The molecule has 0 bridgehead atoms. The maximum atomic E-state index is 13.3. The van der Waals surface area contributed by atoms with Crippen molar-refractivity contribution >= 4 is 29.6 Å². The lowest BCUT2D eigenvalue weighted by Crippen LogP contribution is -2.54. The van der Waals surface area contributed by atoms with E-state index in [1.54, 1.807) is 30.3 Å². The van der Waals surface area contributed by atoms with Crippen LogP contribution in [0.4, 0.5) is 10.5 Å². The normalized spacial score (nSPS) is 15.6. The average Bonchev–Trinajstić information content (AvgIpc) is 3.34. The first-order chi connectivity index (χ1) is 17.9. The fourth-order valence-electron chi connectivity index (χ4n) is 4.19. The molecule has 1 saturated heterocycles. The molecule has 1 fully saturated rings. The van der Waals surface area contributed by atoms with Crippen LogP contribution in [0.3, 0.4) is 0 Å². The summed E-state index contributed by atoms with van der Waals surface area (Å²) in [7, 11) is 0. The lowest BCUT2D eigenvalue weighted by Gasteiger charge is -2.26. The second-order valence-corrected chi connectivity index (χ2v) is 8.63. The highest BCUT2D eigenvalue weighted by Crippen LogP contribution is 2.36. The molecule has 3 aromatic carbocycles. The van der Waals surface area contributed by atoms with Crippen LogP contribution < -0.4 is 24.4 Å². The van der Waals surface area contributed by atoms with E-state index >= 15 is 0 Å². The molecule has 0 atom stereocenters. The van der Waals surface area contributed by atoms with Crippen molar-refractivity contribution in [2.75, 3.05) is 11.7 Å². The number of carbonyl (C=O) groups excluding carboxylic acids is 3. The molecule has 37 heavy (non-hydrogen) atoms. The summed E-state index contributed by atoms with van der Waals surface area (Å²) in [5.74, 6) is 0.102. The summed E-state index contributed by atoms with van der Waals surface area (Å²) in [5.41, 5.74) is 3.75. The van der Waals surface area contributed by atoms with Crippen LogP contribution in [0.2, 0.25) is 0 Å². The second kappa shape index (κ2) is 10.0. The van der Waals surface area contributed by atoms with Gasteiger partial charge < -0.3 is 14.2 Å². The minimum absolute atomic E-state index is 0.0559. The van der Waals surface area contributed by atoms with Gasteiger partial charge in [0.15, 0.2) is 11.5 Å². The number of urea groups is 1. The Morgan fingerprint density at radius 1 is 1.03 bits per heavy atom. The van der Waals surface area contributed by atoms with E-state index in [-0.39, 0.29) is 18.1 Å². The van der Waals surface area contributed by atoms with Crippen LogP contribution in [0.25, 0.3) is 6.08 Å². The number of carbonyl (C=O) groups is 3.